The van der Waals surface area contributed by atoms with E-state index in [1.807, 2.05) is 6.92 Å². The van der Waals surface area contributed by atoms with E-state index in [0.717, 1.165) is 11.5 Å². The van der Waals surface area contributed by atoms with Crippen LogP contribution in [0, 0.1) is 13.8 Å². The number of nitrogens with one attached hydrogen (secondary N) is 2. The van der Waals surface area contributed by atoms with Gasteiger partial charge in [-0.1, -0.05) is 11.4 Å². The summed E-state index contributed by atoms with van der Waals surface area (Å²) in [7, 11) is 0. The number of carbonyl (C=O) groups excluding carboxylic acids is 2. The molecular formula is C12H14N4O3S. The Morgan fingerprint density at radius 1 is 1.30 bits per heavy atom. The molecule has 0 saturated carbocycles. The molecule has 2 heterocycles. The number of aromatic nitrogens is 2. The fourth-order valence-electron chi connectivity index (χ4n) is 1.71. The lowest BCUT2D eigenvalue weighted by Crippen LogP contribution is -2.41. The van der Waals surface area contributed by atoms with Gasteiger partial charge >= 0.3 is 0 Å². The van der Waals surface area contributed by atoms with E-state index in [0.29, 0.717) is 34.1 Å². The van der Waals surface area contributed by atoms with Gasteiger partial charge in [-0.15, -0.1) is 5.10 Å². The lowest BCUT2D eigenvalue weighted by molar-refractivity contribution is 0.0847. The smallest absolute Gasteiger partial charge is 0.283 e. The highest BCUT2D eigenvalue weighted by atomic mass is 32.1. The molecule has 8 heteroatoms. The van der Waals surface area contributed by atoms with Gasteiger partial charge in [0.2, 0.25) is 0 Å². The monoisotopic (exact) mass is 294 g/mol. The molecule has 2 aromatic rings. The second kappa shape index (κ2) is 5.83. The molecule has 2 N–H and O–H groups in total. The molecule has 0 aliphatic rings. The van der Waals surface area contributed by atoms with Crippen molar-refractivity contribution in [2.75, 3.05) is 0 Å². The first-order chi connectivity index (χ1) is 9.52. The van der Waals surface area contributed by atoms with E-state index in [4.69, 9.17) is 4.42 Å². The van der Waals surface area contributed by atoms with Gasteiger partial charge in [-0.05, 0) is 37.9 Å². The molecule has 0 saturated heterocycles. The SMILES string of the molecule is CCc1nnsc1C(=O)NNC(=O)c1cc(C)oc1C. The number of hydrogen-bond donors (Lipinski definition) is 2. The molecule has 0 aliphatic carbocycles. The van der Waals surface area contributed by atoms with Crippen LogP contribution in [0.15, 0.2) is 10.5 Å². The Labute approximate surface area is 119 Å². The molecular weight excluding hydrogens is 280 g/mol. The fourth-order valence-corrected chi connectivity index (χ4v) is 2.35. The highest BCUT2D eigenvalue weighted by Gasteiger charge is 2.17. The van der Waals surface area contributed by atoms with Gasteiger partial charge in [0.05, 0.1) is 11.3 Å². The molecule has 2 rings (SSSR count). The molecule has 0 radical (unpaired) electrons. The van der Waals surface area contributed by atoms with Gasteiger partial charge < -0.3 is 4.42 Å². The van der Waals surface area contributed by atoms with E-state index in [1.54, 1.807) is 19.9 Å². The molecule has 0 unspecified atom stereocenters. The maximum Gasteiger partial charge on any atom is 0.283 e. The third-order valence-electron chi connectivity index (χ3n) is 2.67. The summed E-state index contributed by atoms with van der Waals surface area (Å²) in [6.07, 6.45) is 0.604. The standard InChI is InChI=1S/C12H14N4O3S/c1-4-9-10(20-16-13-9)12(18)15-14-11(17)8-5-6(2)19-7(8)3/h5H,4H2,1-3H3,(H,14,17)(H,15,18). The van der Waals surface area contributed by atoms with Crippen LogP contribution in [0.5, 0.6) is 0 Å². The van der Waals surface area contributed by atoms with Crippen molar-refractivity contribution in [2.45, 2.75) is 27.2 Å². The zero-order valence-electron chi connectivity index (χ0n) is 11.3. The van der Waals surface area contributed by atoms with Crippen LogP contribution in [0.1, 0.15) is 44.2 Å². The predicted molar refractivity (Wildman–Crippen MR) is 72.4 cm³/mol. The molecule has 2 aromatic heterocycles. The number of aryl methyl sites for hydroxylation is 3. The highest BCUT2D eigenvalue weighted by molar-refractivity contribution is 7.08. The van der Waals surface area contributed by atoms with Crippen LogP contribution < -0.4 is 10.9 Å². The van der Waals surface area contributed by atoms with E-state index in [9.17, 15) is 9.59 Å². The van der Waals surface area contributed by atoms with E-state index in [2.05, 4.69) is 20.4 Å². The molecule has 0 spiro atoms. The van der Waals surface area contributed by atoms with Gasteiger partial charge in [0.25, 0.3) is 11.8 Å². The van der Waals surface area contributed by atoms with E-state index in [1.165, 1.54) is 0 Å². The van der Waals surface area contributed by atoms with Crippen LogP contribution in [0.2, 0.25) is 0 Å². The molecule has 0 bridgehead atoms. The molecule has 0 aliphatic heterocycles. The average Bonchev–Trinajstić information content (AvgIpc) is 3.01. The first kappa shape index (κ1) is 14.2. The molecule has 7 nitrogen and oxygen atoms in total. The topological polar surface area (TPSA) is 97.1 Å². The van der Waals surface area contributed by atoms with Crippen molar-refractivity contribution in [3.05, 3.63) is 33.7 Å². The Bertz CT molecular complexity index is 647. The molecule has 106 valence electrons. The van der Waals surface area contributed by atoms with Crippen molar-refractivity contribution in [1.82, 2.24) is 20.4 Å². The molecule has 0 aromatic carbocycles. The minimum Gasteiger partial charge on any atom is -0.466 e. The van der Waals surface area contributed by atoms with Gasteiger partial charge in [-0.3, -0.25) is 20.4 Å². The highest BCUT2D eigenvalue weighted by Crippen LogP contribution is 2.13. The second-order valence-electron chi connectivity index (χ2n) is 4.14. The number of nitrogens with zero attached hydrogens (tertiary/aromatic N) is 2. The quantitative estimate of drug-likeness (QED) is 0.834. The molecule has 20 heavy (non-hydrogen) atoms. The lowest BCUT2D eigenvalue weighted by Gasteiger charge is -2.05. The summed E-state index contributed by atoms with van der Waals surface area (Å²) in [5.41, 5.74) is 5.69. The third-order valence-corrected chi connectivity index (χ3v) is 3.44. The minimum absolute atomic E-state index is 0.390. The summed E-state index contributed by atoms with van der Waals surface area (Å²) in [4.78, 5) is 24.2. The van der Waals surface area contributed by atoms with Gasteiger partial charge in [0.15, 0.2) is 0 Å². The number of hydrazine groups is 1. The van der Waals surface area contributed by atoms with Crippen molar-refractivity contribution in [2.24, 2.45) is 0 Å². The Morgan fingerprint density at radius 3 is 2.60 bits per heavy atom. The summed E-state index contributed by atoms with van der Waals surface area (Å²) in [5, 5.41) is 3.84. The van der Waals surface area contributed by atoms with Gasteiger partial charge in [-0.2, -0.15) is 0 Å². The number of carbonyl (C=O) groups is 2. The van der Waals surface area contributed by atoms with Gasteiger partial charge in [0.1, 0.15) is 16.4 Å². The van der Waals surface area contributed by atoms with Crippen LogP contribution in [0.4, 0.5) is 0 Å². The predicted octanol–water partition coefficient (Wildman–Crippen LogP) is 1.39. The van der Waals surface area contributed by atoms with Crippen molar-refractivity contribution >= 4 is 23.3 Å². The van der Waals surface area contributed by atoms with E-state index < -0.39 is 11.8 Å². The van der Waals surface area contributed by atoms with Crippen molar-refractivity contribution < 1.29 is 14.0 Å². The maximum absolute atomic E-state index is 11.9. The number of amides is 2. The first-order valence-electron chi connectivity index (χ1n) is 6.01. The lowest BCUT2D eigenvalue weighted by atomic mass is 10.2. The zero-order chi connectivity index (χ0) is 14.7. The van der Waals surface area contributed by atoms with Crippen LogP contribution in [-0.2, 0) is 6.42 Å². The number of furan rings is 1. The molecule has 0 fully saturated rings. The Morgan fingerprint density at radius 2 is 2.00 bits per heavy atom. The van der Waals surface area contributed by atoms with Gasteiger partial charge in [0, 0.05) is 0 Å². The summed E-state index contributed by atoms with van der Waals surface area (Å²) in [6, 6.07) is 1.61. The van der Waals surface area contributed by atoms with E-state index >= 15 is 0 Å². The Hall–Kier alpha value is -2.22. The fraction of sp³-hybridized carbons (Fsp3) is 0.333. The number of rotatable bonds is 3. The maximum atomic E-state index is 11.9. The van der Waals surface area contributed by atoms with Crippen LogP contribution in [0.3, 0.4) is 0 Å². The van der Waals surface area contributed by atoms with E-state index in [-0.39, 0.29) is 0 Å². The van der Waals surface area contributed by atoms with Gasteiger partial charge in [-0.25, -0.2) is 0 Å². The number of hydrogen-bond acceptors (Lipinski definition) is 6. The summed E-state index contributed by atoms with van der Waals surface area (Å²) >= 11 is 0.994. The normalized spacial score (nSPS) is 10.3. The van der Waals surface area contributed by atoms with Crippen molar-refractivity contribution in [3.8, 4) is 0 Å². The summed E-state index contributed by atoms with van der Waals surface area (Å²) < 4.78 is 8.98. The Kier molecular flexibility index (Phi) is 4.14. The average molecular weight is 294 g/mol. The third kappa shape index (κ3) is 2.85. The van der Waals surface area contributed by atoms with Crippen LogP contribution >= 0.6 is 11.5 Å². The van der Waals surface area contributed by atoms with Crippen LogP contribution in [-0.4, -0.2) is 21.4 Å². The molecule has 0 atom stereocenters. The van der Waals surface area contributed by atoms with Crippen molar-refractivity contribution in [1.29, 1.82) is 0 Å². The summed E-state index contributed by atoms with van der Waals surface area (Å²) in [6.45, 7) is 5.31. The molecule has 2 amide bonds. The zero-order valence-corrected chi connectivity index (χ0v) is 12.1. The Balaban J connectivity index is 2.00. The second-order valence-corrected chi connectivity index (χ2v) is 4.89. The minimum atomic E-state index is -0.428. The van der Waals surface area contributed by atoms with Crippen LogP contribution in [0.25, 0.3) is 0 Å². The largest absolute Gasteiger partial charge is 0.466 e. The first-order valence-corrected chi connectivity index (χ1v) is 6.79. The van der Waals surface area contributed by atoms with Crippen molar-refractivity contribution in [3.63, 3.8) is 0 Å². The summed E-state index contributed by atoms with van der Waals surface area (Å²) in [5.74, 6) is 0.285.